The van der Waals surface area contributed by atoms with Crippen molar-refractivity contribution in [1.82, 2.24) is 4.98 Å². The van der Waals surface area contributed by atoms with Crippen LogP contribution in [0.4, 0.5) is 0 Å². The first kappa shape index (κ1) is 14.5. The van der Waals surface area contributed by atoms with Crippen molar-refractivity contribution in [3.05, 3.63) is 27.5 Å². The maximum absolute atomic E-state index is 11.9. The first-order valence-electron chi connectivity index (χ1n) is 5.82. The van der Waals surface area contributed by atoms with E-state index < -0.39 is 5.41 Å². The van der Waals surface area contributed by atoms with Crippen LogP contribution in [0, 0.1) is 0 Å². The number of hydrogen-bond donors (Lipinski definition) is 0. The molecular formula is C13H14ClNO2S2. The average Bonchev–Trinajstić information content (AvgIpc) is 2.97. The highest BCUT2D eigenvalue weighted by atomic mass is 35.5. The summed E-state index contributed by atoms with van der Waals surface area (Å²) in [6, 6.07) is 1.88. The van der Waals surface area contributed by atoms with E-state index in [0.29, 0.717) is 11.6 Å². The molecule has 2 aromatic rings. The van der Waals surface area contributed by atoms with Gasteiger partial charge < -0.3 is 4.74 Å². The topological polar surface area (TPSA) is 39.2 Å². The minimum Gasteiger partial charge on any atom is -0.465 e. The standard InChI is InChI=1S/C13H14ClNO2S2/c1-4-17-12(16)13(2,3)10-7-19-11(15-10)9-5-8(14)6-18-9/h5-7H,4H2,1-3H3. The second-order valence-electron chi connectivity index (χ2n) is 4.51. The number of nitrogens with zero attached hydrogens (tertiary/aromatic N) is 1. The molecule has 0 amide bonds. The SMILES string of the molecule is CCOC(=O)C(C)(C)c1csc(-c2cc(Cl)cs2)n1. The Hall–Kier alpha value is -0.910. The normalized spacial score (nSPS) is 11.6. The Morgan fingerprint density at radius 1 is 1.42 bits per heavy atom. The van der Waals surface area contributed by atoms with Crippen LogP contribution in [-0.4, -0.2) is 17.6 Å². The van der Waals surface area contributed by atoms with E-state index in [-0.39, 0.29) is 5.97 Å². The van der Waals surface area contributed by atoms with Gasteiger partial charge in [0.1, 0.15) is 10.4 Å². The number of esters is 1. The molecule has 0 saturated carbocycles. The Labute approximate surface area is 125 Å². The average molecular weight is 316 g/mol. The molecule has 0 aromatic carbocycles. The van der Waals surface area contributed by atoms with Crippen LogP contribution < -0.4 is 0 Å². The Kier molecular flexibility index (Phi) is 4.28. The number of hydrogen-bond acceptors (Lipinski definition) is 5. The number of rotatable bonds is 4. The van der Waals surface area contributed by atoms with E-state index in [1.54, 1.807) is 18.3 Å². The fourth-order valence-electron chi connectivity index (χ4n) is 1.52. The molecule has 0 radical (unpaired) electrons. The van der Waals surface area contributed by atoms with Gasteiger partial charge in [0.15, 0.2) is 0 Å². The van der Waals surface area contributed by atoms with Gasteiger partial charge in [-0.2, -0.15) is 0 Å². The molecule has 2 heterocycles. The van der Waals surface area contributed by atoms with Gasteiger partial charge in [-0.1, -0.05) is 11.6 Å². The van der Waals surface area contributed by atoms with E-state index in [0.717, 1.165) is 15.6 Å². The van der Waals surface area contributed by atoms with Crippen molar-refractivity contribution in [2.45, 2.75) is 26.2 Å². The molecule has 0 fully saturated rings. The number of ether oxygens (including phenoxy) is 1. The molecule has 0 bridgehead atoms. The molecule has 3 nitrogen and oxygen atoms in total. The smallest absolute Gasteiger partial charge is 0.317 e. The Bertz CT molecular complexity index is 589. The Morgan fingerprint density at radius 3 is 2.74 bits per heavy atom. The number of thiazole rings is 1. The summed E-state index contributed by atoms with van der Waals surface area (Å²) in [7, 11) is 0. The molecule has 0 N–H and O–H groups in total. The van der Waals surface area contributed by atoms with E-state index in [2.05, 4.69) is 4.98 Å². The quantitative estimate of drug-likeness (QED) is 0.787. The molecule has 19 heavy (non-hydrogen) atoms. The summed E-state index contributed by atoms with van der Waals surface area (Å²) in [6.45, 7) is 5.82. The fourth-order valence-corrected chi connectivity index (χ4v) is 3.66. The van der Waals surface area contributed by atoms with Crippen LogP contribution in [0.5, 0.6) is 0 Å². The van der Waals surface area contributed by atoms with Crippen molar-refractivity contribution in [3.8, 4) is 9.88 Å². The van der Waals surface area contributed by atoms with E-state index in [1.807, 2.05) is 30.7 Å². The molecule has 0 aliphatic carbocycles. The maximum Gasteiger partial charge on any atom is 0.317 e. The zero-order valence-electron chi connectivity index (χ0n) is 10.9. The van der Waals surface area contributed by atoms with E-state index in [4.69, 9.17) is 16.3 Å². The van der Waals surface area contributed by atoms with E-state index in [9.17, 15) is 4.79 Å². The maximum atomic E-state index is 11.9. The predicted octanol–water partition coefficient (Wildman–Crippen LogP) is 4.37. The minimum absolute atomic E-state index is 0.254. The highest BCUT2D eigenvalue weighted by Crippen LogP contribution is 2.35. The number of carbonyl (C=O) groups excluding carboxylic acids is 1. The zero-order valence-corrected chi connectivity index (χ0v) is 13.3. The second-order valence-corrected chi connectivity index (χ2v) is 6.72. The highest BCUT2D eigenvalue weighted by molar-refractivity contribution is 7.20. The third-order valence-electron chi connectivity index (χ3n) is 2.71. The number of halogens is 1. The van der Waals surface area contributed by atoms with Gasteiger partial charge in [-0.3, -0.25) is 4.79 Å². The van der Waals surface area contributed by atoms with Crippen LogP contribution in [0.3, 0.4) is 0 Å². The van der Waals surface area contributed by atoms with Crippen LogP contribution in [0.25, 0.3) is 9.88 Å². The van der Waals surface area contributed by atoms with Gasteiger partial charge in [0.25, 0.3) is 0 Å². The summed E-state index contributed by atoms with van der Waals surface area (Å²) in [5.41, 5.74) is 0.00158. The van der Waals surface area contributed by atoms with Gasteiger partial charge in [-0.25, -0.2) is 4.98 Å². The Balaban J connectivity index is 2.28. The lowest BCUT2D eigenvalue weighted by Crippen LogP contribution is -2.31. The van der Waals surface area contributed by atoms with Crippen LogP contribution in [0.15, 0.2) is 16.8 Å². The van der Waals surface area contributed by atoms with Crippen molar-refractivity contribution < 1.29 is 9.53 Å². The highest BCUT2D eigenvalue weighted by Gasteiger charge is 2.34. The second kappa shape index (κ2) is 5.61. The lowest BCUT2D eigenvalue weighted by atomic mass is 9.90. The van der Waals surface area contributed by atoms with E-state index >= 15 is 0 Å². The summed E-state index contributed by atoms with van der Waals surface area (Å²) < 4.78 is 5.09. The molecule has 0 atom stereocenters. The molecule has 2 aromatic heterocycles. The summed E-state index contributed by atoms with van der Waals surface area (Å²) in [5.74, 6) is -0.254. The molecule has 0 unspecified atom stereocenters. The largest absolute Gasteiger partial charge is 0.465 e. The molecule has 102 valence electrons. The molecule has 0 aliphatic rings. The lowest BCUT2D eigenvalue weighted by Gasteiger charge is -2.19. The molecule has 6 heteroatoms. The van der Waals surface area contributed by atoms with Crippen molar-refractivity contribution in [1.29, 1.82) is 0 Å². The van der Waals surface area contributed by atoms with Gasteiger partial charge in [0.05, 0.1) is 22.2 Å². The van der Waals surface area contributed by atoms with Gasteiger partial charge in [-0.15, -0.1) is 22.7 Å². The molecular weight excluding hydrogens is 302 g/mol. The van der Waals surface area contributed by atoms with Crippen LogP contribution in [0.2, 0.25) is 5.02 Å². The van der Waals surface area contributed by atoms with Gasteiger partial charge >= 0.3 is 5.97 Å². The van der Waals surface area contributed by atoms with Crippen molar-refractivity contribution in [2.24, 2.45) is 0 Å². The van der Waals surface area contributed by atoms with Crippen molar-refractivity contribution in [2.75, 3.05) is 6.61 Å². The molecule has 2 rings (SSSR count). The first-order chi connectivity index (χ1) is 8.95. The number of aromatic nitrogens is 1. The lowest BCUT2D eigenvalue weighted by molar-refractivity contribution is -0.148. The summed E-state index contributed by atoms with van der Waals surface area (Å²) >= 11 is 8.97. The third kappa shape index (κ3) is 2.99. The predicted molar refractivity (Wildman–Crippen MR) is 80.1 cm³/mol. The third-order valence-corrected chi connectivity index (χ3v) is 5.00. The van der Waals surface area contributed by atoms with Gasteiger partial charge in [0, 0.05) is 10.8 Å². The minimum atomic E-state index is -0.730. The first-order valence-corrected chi connectivity index (χ1v) is 7.96. The monoisotopic (exact) mass is 315 g/mol. The summed E-state index contributed by atoms with van der Waals surface area (Å²) in [6.07, 6.45) is 0. The molecule has 0 spiro atoms. The van der Waals surface area contributed by atoms with Crippen LogP contribution >= 0.6 is 34.3 Å². The number of carbonyl (C=O) groups is 1. The van der Waals surface area contributed by atoms with E-state index in [1.165, 1.54) is 11.3 Å². The molecule has 0 aliphatic heterocycles. The Morgan fingerprint density at radius 2 is 2.16 bits per heavy atom. The van der Waals surface area contributed by atoms with Gasteiger partial charge in [0.2, 0.25) is 0 Å². The zero-order chi connectivity index (χ0) is 14.0. The molecule has 0 saturated heterocycles. The summed E-state index contributed by atoms with van der Waals surface area (Å²) in [4.78, 5) is 17.5. The van der Waals surface area contributed by atoms with Gasteiger partial charge in [-0.05, 0) is 26.8 Å². The van der Waals surface area contributed by atoms with Crippen LogP contribution in [-0.2, 0) is 14.9 Å². The van der Waals surface area contributed by atoms with Crippen LogP contribution in [0.1, 0.15) is 26.5 Å². The summed E-state index contributed by atoms with van der Waals surface area (Å²) in [5, 5.41) is 5.36. The fraction of sp³-hybridized carbons (Fsp3) is 0.385. The van der Waals surface area contributed by atoms with Crippen molar-refractivity contribution >= 4 is 40.2 Å². The number of thiophene rings is 1. The van der Waals surface area contributed by atoms with Crippen molar-refractivity contribution in [3.63, 3.8) is 0 Å².